The Morgan fingerprint density at radius 2 is 1.86 bits per heavy atom. The van der Waals surface area contributed by atoms with Crippen molar-refractivity contribution in [1.82, 2.24) is 4.98 Å². The third-order valence-corrected chi connectivity index (χ3v) is 4.07. The molecule has 1 aliphatic heterocycles. The van der Waals surface area contributed by atoms with Crippen LogP contribution in [0.1, 0.15) is 10.6 Å². The molecule has 2 aromatic rings. The number of ether oxygens (including phenoxy) is 2. The monoisotopic (exact) mass is 319 g/mol. The fourth-order valence-corrected chi connectivity index (χ4v) is 2.65. The van der Waals surface area contributed by atoms with Gasteiger partial charge in [0.15, 0.2) is 16.6 Å². The summed E-state index contributed by atoms with van der Waals surface area (Å²) >= 11 is 1.32. The van der Waals surface area contributed by atoms with Gasteiger partial charge in [0.2, 0.25) is 6.79 Å². The summed E-state index contributed by atoms with van der Waals surface area (Å²) in [6.45, 7) is 3.89. The summed E-state index contributed by atoms with van der Waals surface area (Å²) in [5.74, 6) is -0.406. The van der Waals surface area contributed by atoms with Crippen molar-refractivity contribution in [2.45, 2.75) is 13.8 Å². The number of aryl methyl sites for hydroxylation is 2. The second-order valence-electron chi connectivity index (χ2n) is 4.64. The normalized spacial score (nSPS) is 12.1. The van der Waals surface area contributed by atoms with Crippen LogP contribution in [0.2, 0.25) is 0 Å². The summed E-state index contributed by atoms with van der Waals surface area (Å²) in [5, 5.41) is 5.38. The lowest BCUT2D eigenvalue weighted by atomic mass is 10.2. The SMILES string of the molecule is Cc1nc(NC(=O)C(=O)Nc2ccc3c(c2)OCO3)sc1C. The molecule has 8 heteroatoms. The Bertz CT molecular complexity index is 737. The van der Waals surface area contributed by atoms with Crippen molar-refractivity contribution in [3.63, 3.8) is 0 Å². The maximum absolute atomic E-state index is 11.9. The Morgan fingerprint density at radius 3 is 2.59 bits per heavy atom. The third-order valence-electron chi connectivity index (χ3n) is 3.09. The van der Waals surface area contributed by atoms with Gasteiger partial charge in [0.1, 0.15) is 0 Å². The molecule has 1 aliphatic rings. The van der Waals surface area contributed by atoms with E-state index in [1.807, 2.05) is 13.8 Å². The molecule has 0 atom stereocenters. The molecule has 0 fully saturated rings. The van der Waals surface area contributed by atoms with E-state index in [1.54, 1.807) is 18.2 Å². The molecule has 1 aromatic heterocycles. The number of thiazole rings is 1. The van der Waals surface area contributed by atoms with Crippen LogP contribution in [0.25, 0.3) is 0 Å². The van der Waals surface area contributed by atoms with E-state index in [1.165, 1.54) is 11.3 Å². The molecule has 3 rings (SSSR count). The van der Waals surface area contributed by atoms with Crippen molar-refractivity contribution in [2.75, 3.05) is 17.4 Å². The molecule has 114 valence electrons. The molecule has 2 heterocycles. The van der Waals surface area contributed by atoms with Gasteiger partial charge in [-0.15, -0.1) is 11.3 Å². The summed E-state index contributed by atoms with van der Waals surface area (Å²) in [4.78, 5) is 28.9. The van der Waals surface area contributed by atoms with Gasteiger partial charge < -0.3 is 14.8 Å². The van der Waals surface area contributed by atoms with Crippen molar-refractivity contribution in [3.8, 4) is 11.5 Å². The van der Waals surface area contributed by atoms with Gasteiger partial charge >= 0.3 is 11.8 Å². The number of fused-ring (bicyclic) bond motifs is 1. The molecule has 2 amide bonds. The number of hydrogen-bond acceptors (Lipinski definition) is 6. The van der Waals surface area contributed by atoms with E-state index in [0.29, 0.717) is 22.3 Å². The topological polar surface area (TPSA) is 89.6 Å². The van der Waals surface area contributed by atoms with Gasteiger partial charge in [0.05, 0.1) is 5.69 Å². The Labute approximate surface area is 130 Å². The van der Waals surface area contributed by atoms with Crippen molar-refractivity contribution in [3.05, 3.63) is 28.8 Å². The molecular formula is C14H13N3O4S. The van der Waals surface area contributed by atoms with E-state index < -0.39 is 11.8 Å². The number of carbonyl (C=O) groups is 2. The van der Waals surface area contributed by atoms with Gasteiger partial charge in [-0.1, -0.05) is 0 Å². The Hall–Kier alpha value is -2.61. The van der Waals surface area contributed by atoms with Crippen LogP contribution in [-0.4, -0.2) is 23.6 Å². The average molecular weight is 319 g/mol. The summed E-state index contributed by atoms with van der Waals surface area (Å²) in [6, 6.07) is 4.91. The third kappa shape index (κ3) is 2.86. The molecule has 0 spiro atoms. The maximum Gasteiger partial charge on any atom is 0.315 e. The van der Waals surface area contributed by atoms with Crippen LogP contribution in [0.4, 0.5) is 10.8 Å². The second-order valence-corrected chi connectivity index (χ2v) is 5.84. The van der Waals surface area contributed by atoms with E-state index in [0.717, 1.165) is 10.6 Å². The van der Waals surface area contributed by atoms with Crippen LogP contribution in [-0.2, 0) is 9.59 Å². The molecule has 7 nitrogen and oxygen atoms in total. The number of benzene rings is 1. The minimum Gasteiger partial charge on any atom is -0.454 e. The maximum atomic E-state index is 11.9. The quantitative estimate of drug-likeness (QED) is 0.827. The first-order chi connectivity index (χ1) is 10.5. The molecule has 2 N–H and O–H groups in total. The first-order valence-corrected chi connectivity index (χ1v) is 7.30. The highest BCUT2D eigenvalue weighted by Gasteiger charge is 2.18. The lowest BCUT2D eigenvalue weighted by Crippen LogP contribution is -2.29. The fraction of sp³-hybridized carbons (Fsp3) is 0.214. The number of anilines is 2. The van der Waals surface area contributed by atoms with Gasteiger partial charge in [-0.05, 0) is 26.0 Å². The van der Waals surface area contributed by atoms with E-state index in [2.05, 4.69) is 15.6 Å². The number of aromatic nitrogens is 1. The van der Waals surface area contributed by atoms with Gasteiger partial charge in [-0.3, -0.25) is 14.9 Å². The number of amides is 2. The lowest BCUT2D eigenvalue weighted by molar-refractivity contribution is -0.133. The fourth-order valence-electron chi connectivity index (χ4n) is 1.84. The molecule has 22 heavy (non-hydrogen) atoms. The Balaban J connectivity index is 1.65. The smallest absolute Gasteiger partial charge is 0.315 e. The summed E-state index contributed by atoms with van der Waals surface area (Å²) in [6.07, 6.45) is 0. The van der Waals surface area contributed by atoms with Gasteiger partial charge in [-0.2, -0.15) is 0 Å². The predicted octanol–water partition coefficient (Wildman–Crippen LogP) is 2.07. The van der Waals surface area contributed by atoms with Gasteiger partial charge in [0, 0.05) is 16.6 Å². The average Bonchev–Trinajstić information content (AvgIpc) is 3.05. The molecule has 0 saturated carbocycles. The van der Waals surface area contributed by atoms with Crippen molar-refractivity contribution in [2.24, 2.45) is 0 Å². The van der Waals surface area contributed by atoms with Crippen LogP contribution in [0.5, 0.6) is 11.5 Å². The molecule has 1 aromatic carbocycles. The first kappa shape index (κ1) is 14.3. The predicted molar refractivity (Wildman–Crippen MR) is 81.4 cm³/mol. The van der Waals surface area contributed by atoms with Gasteiger partial charge in [-0.25, -0.2) is 4.98 Å². The molecule has 0 radical (unpaired) electrons. The molecule has 0 unspecified atom stereocenters. The first-order valence-electron chi connectivity index (χ1n) is 6.49. The molecular weight excluding hydrogens is 306 g/mol. The summed E-state index contributed by atoms with van der Waals surface area (Å²) in [5.41, 5.74) is 1.28. The highest BCUT2D eigenvalue weighted by Crippen LogP contribution is 2.34. The largest absolute Gasteiger partial charge is 0.454 e. The minimum atomic E-state index is -0.774. The van der Waals surface area contributed by atoms with Crippen molar-refractivity contribution >= 4 is 34.0 Å². The summed E-state index contributed by atoms with van der Waals surface area (Å²) in [7, 11) is 0. The number of carbonyl (C=O) groups excluding carboxylic acids is 2. The Kier molecular flexibility index (Phi) is 3.68. The van der Waals surface area contributed by atoms with E-state index >= 15 is 0 Å². The van der Waals surface area contributed by atoms with Crippen LogP contribution >= 0.6 is 11.3 Å². The Morgan fingerprint density at radius 1 is 1.14 bits per heavy atom. The number of rotatable bonds is 2. The van der Waals surface area contributed by atoms with Crippen LogP contribution < -0.4 is 20.1 Å². The zero-order valence-corrected chi connectivity index (χ0v) is 12.7. The minimum absolute atomic E-state index is 0.149. The summed E-state index contributed by atoms with van der Waals surface area (Å²) < 4.78 is 10.4. The molecule has 0 bridgehead atoms. The molecule has 0 saturated heterocycles. The lowest BCUT2D eigenvalue weighted by Gasteiger charge is -2.05. The van der Waals surface area contributed by atoms with Crippen LogP contribution in [0.3, 0.4) is 0 Å². The number of hydrogen-bond donors (Lipinski definition) is 2. The van der Waals surface area contributed by atoms with Crippen LogP contribution in [0, 0.1) is 13.8 Å². The zero-order chi connectivity index (χ0) is 15.7. The highest BCUT2D eigenvalue weighted by molar-refractivity contribution is 7.15. The second kappa shape index (κ2) is 5.64. The van der Waals surface area contributed by atoms with Crippen molar-refractivity contribution < 1.29 is 19.1 Å². The number of nitrogens with one attached hydrogen (secondary N) is 2. The number of nitrogens with zero attached hydrogens (tertiary/aromatic N) is 1. The highest BCUT2D eigenvalue weighted by atomic mass is 32.1. The van der Waals surface area contributed by atoms with E-state index in [9.17, 15) is 9.59 Å². The van der Waals surface area contributed by atoms with E-state index in [-0.39, 0.29) is 6.79 Å². The van der Waals surface area contributed by atoms with Crippen molar-refractivity contribution in [1.29, 1.82) is 0 Å². The van der Waals surface area contributed by atoms with E-state index in [4.69, 9.17) is 9.47 Å². The molecule has 0 aliphatic carbocycles. The van der Waals surface area contributed by atoms with Crippen LogP contribution in [0.15, 0.2) is 18.2 Å². The standard InChI is InChI=1S/C14H13N3O4S/c1-7-8(2)22-14(15-7)17-13(19)12(18)16-9-3-4-10-11(5-9)21-6-20-10/h3-5H,6H2,1-2H3,(H,16,18)(H,15,17,19). The van der Waals surface area contributed by atoms with Gasteiger partial charge in [0.25, 0.3) is 0 Å². The zero-order valence-electron chi connectivity index (χ0n) is 11.9.